The molecule has 0 heterocycles. The first kappa shape index (κ1) is 34.6. The number of nitro benzene ring substituents is 1. The first-order chi connectivity index (χ1) is 22.3. The van der Waals surface area contributed by atoms with Crippen molar-refractivity contribution in [2.24, 2.45) is 0 Å². The molecule has 4 rings (SSSR count). The molecule has 0 spiro atoms. The van der Waals surface area contributed by atoms with Gasteiger partial charge >= 0.3 is 0 Å². The van der Waals surface area contributed by atoms with Crippen molar-refractivity contribution in [1.29, 1.82) is 0 Å². The van der Waals surface area contributed by atoms with Gasteiger partial charge in [0.05, 0.1) is 22.6 Å². The van der Waals surface area contributed by atoms with Gasteiger partial charge in [-0.3, -0.25) is 24.0 Å². The number of nitrogens with one attached hydrogen (secondary N) is 1. The number of nitrogens with zero attached hydrogens (tertiary/aromatic N) is 3. The lowest BCUT2D eigenvalue weighted by atomic mass is 10.0. The van der Waals surface area contributed by atoms with Gasteiger partial charge in [-0.2, -0.15) is 0 Å². The van der Waals surface area contributed by atoms with Gasteiger partial charge in [-0.1, -0.05) is 60.7 Å². The van der Waals surface area contributed by atoms with E-state index in [1.165, 1.54) is 48.4 Å². The number of benzene rings is 4. The van der Waals surface area contributed by atoms with Crippen LogP contribution in [-0.2, 0) is 32.6 Å². The molecule has 4 aromatic rings. The van der Waals surface area contributed by atoms with Gasteiger partial charge in [0.1, 0.15) is 18.3 Å². The van der Waals surface area contributed by atoms with Crippen molar-refractivity contribution in [3.63, 3.8) is 0 Å². The van der Waals surface area contributed by atoms with E-state index in [0.717, 1.165) is 9.87 Å². The number of hydrogen-bond donors (Lipinski definition) is 1. The Kier molecular flexibility index (Phi) is 11.0. The van der Waals surface area contributed by atoms with Crippen LogP contribution in [0.3, 0.4) is 0 Å². The number of hydrogen-bond acceptors (Lipinski definition) is 7. The molecule has 4 aromatic carbocycles. The fourth-order valence-corrected chi connectivity index (χ4v) is 6.40. The highest BCUT2D eigenvalue weighted by Gasteiger charge is 2.35. The van der Waals surface area contributed by atoms with Gasteiger partial charge in [0.25, 0.3) is 15.7 Å². The molecule has 11 nitrogen and oxygen atoms in total. The van der Waals surface area contributed by atoms with E-state index in [4.69, 9.17) is 4.74 Å². The van der Waals surface area contributed by atoms with Crippen molar-refractivity contribution in [1.82, 2.24) is 10.2 Å². The van der Waals surface area contributed by atoms with Crippen LogP contribution in [0.25, 0.3) is 0 Å². The molecule has 0 aliphatic heterocycles. The van der Waals surface area contributed by atoms with Crippen LogP contribution in [0.15, 0.2) is 114 Å². The molecule has 1 atom stereocenters. The van der Waals surface area contributed by atoms with E-state index in [1.54, 1.807) is 42.5 Å². The van der Waals surface area contributed by atoms with E-state index < -0.39 is 44.9 Å². The molecule has 0 fully saturated rings. The van der Waals surface area contributed by atoms with E-state index in [-0.39, 0.29) is 29.2 Å². The third kappa shape index (κ3) is 9.17. The summed E-state index contributed by atoms with van der Waals surface area (Å²) in [6, 6.07) is 27.8. The lowest BCUT2D eigenvalue weighted by Crippen LogP contribution is -2.56. The Bertz CT molecular complexity index is 1790. The molecular weight excluding hydrogens is 620 g/mol. The Morgan fingerprint density at radius 3 is 2.04 bits per heavy atom. The maximum atomic E-state index is 14.5. The van der Waals surface area contributed by atoms with Crippen LogP contribution < -0.4 is 14.4 Å². The number of methoxy groups -OCH3 is 1. The summed E-state index contributed by atoms with van der Waals surface area (Å²) in [6.45, 7) is 4.78. The zero-order chi connectivity index (χ0) is 34.2. The largest absolute Gasteiger partial charge is 0.497 e. The van der Waals surface area contributed by atoms with Crippen molar-refractivity contribution in [3.8, 4) is 5.75 Å². The Morgan fingerprint density at radius 1 is 0.872 bits per heavy atom. The molecule has 0 radical (unpaired) electrons. The lowest BCUT2D eigenvalue weighted by Gasteiger charge is -2.35. The molecule has 0 saturated carbocycles. The number of sulfonamides is 1. The van der Waals surface area contributed by atoms with Crippen molar-refractivity contribution >= 4 is 33.2 Å². The number of nitro groups is 1. The summed E-state index contributed by atoms with van der Waals surface area (Å²) in [7, 11) is -2.82. The van der Waals surface area contributed by atoms with Gasteiger partial charge in [0, 0.05) is 30.6 Å². The van der Waals surface area contributed by atoms with Crippen molar-refractivity contribution in [3.05, 3.63) is 130 Å². The molecule has 0 bridgehead atoms. The summed E-state index contributed by atoms with van der Waals surface area (Å²) in [5, 5.41) is 14.3. The summed E-state index contributed by atoms with van der Waals surface area (Å²) in [5.41, 5.74) is 0.644. The fraction of sp³-hybridized carbons (Fsp3) is 0.257. The second-order valence-electron chi connectivity index (χ2n) is 11.9. The number of carbonyl (C=O) groups excluding carboxylic acids is 2. The average molecular weight is 659 g/mol. The van der Waals surface area contributed by atoms with Crippen LogP contribution in [0.1, 0.15) is 31.9 Å². The minimum absolute atomic E-state index is 0.0371. The predicted molar refractivity (Wildman–Crippen MR) is 179 cm³/mol. The van der Waals surface area contributed by atoms with Gasteiger partial charge in [0.2, 0.25) is 11.8 Å². The Morgan fingerprint density at radius 2 is 1.47 bits per heavy atom. The molecule has 0 unspecified atom stereocenters. The quantitative estimate of drug-likeness (QED) is 0.151. The SMILES string of the molecule is COc1cccc(CN(C(=O)CN(c2ccc([N+](=O)[O-])cc2)S(=O)(=O)c2ccccc2)[C@H](Cc2ccccc2)C(=O)NC(C)(C)C)c1. The van der Waals surface area contributed by atoms with Crippen molar-refractivity contribution in [2.75, 3.05) is 18.0 Å². The highest BCUT2D eigenvalue weighted by Crippen LogP contribution is 2.27. The minimum Gasteiger partial charge on any atom is -0.497 e. The van der Waals surface area contributed by atoms with Crippen LogP contribution in [0.5, 0.6) is 5.75 Å². The second-order valence-corrected chi connectivity index (χ2v) is 13.8. The molecule has 2 amide bonds. The summed E-state index contributed by atoms with van der Waals surface area (Å²) in [6.07, 6.45) is 0.154. The average Bonchev–Trinajstić information content (AvgIpc) is 3.05. The molecule has 0 aliphatic rings. The Labute approximate surface area is 275 Å². The molecule has 1 N–H and O–H groups in total. The molecule has 0 aromatic heterocycles. The number of amides is 2. The lowest BCUT2D eigenvalue weighted by molar-refractivity contribution is -0.384. The number of anilines is 1. The summed E-state index contributed by atoms with van der Waals surface area (Å²) < 4.78 is 34.4. The molecule has 47 heavy (non-hydrogen) atoms. The van der Waals surface area contributed by atoms with Gasteiger partial charge in [-0.15, -0.1) is 0 Å². The first-order valence-electron chi connectivity index (χ1n) is 14.9. The summed E-state index contributed by atoms with van der Waals surface area (Å²) in [5.74, 6) is -0.520. The highest BCUT2D eigenvalue weighted by atomic mass is 32.2. The van der Waals surface area contributed by atoms with Gasteiger partial charge in [0.15, 0.2) is 0 Å². The van der Waals surface area contributed by atoms with Crippen LogP contribution >= 0.6 is 0 Å². The number of rotatable bonds is 13. The third-order valence-corrected chi connectivity index (χ3v) is 9.00. The second kappa shape index (κ2) is 14.9. The van der Waals surface area contributed by atoms with Crippen LogP contribution in [0.2, 0.25) is 0 Å². The third-order valence-electron chi connectivity index (χ3n) is 7.21. The van der Waals surface area contributed by atoms with E-state index in [9.17, 15) is 28.1 Å². The van der Waals surface area contributed by atoms with Gasteiger partial charge in [-0.05, 0) is 68.3 Å². The van der Waals surface area contributed by atoms with Crippen molar-refractivity contribution < 1.29 is 27.7 Å². The monoisotopic (exact) mass is 658 g/mol. The Hall–Kier alpha value is -5.23. The van der Waals surface area contributed by atoms with Crippen LogP contribution in [0.4, 0.5) is 11.4 Å². The van der Waals surface area contributed by atoms with Gasteiger partial charge < -0.3 is 15.0 Å². The minimum atomic E-state index is -4.34. The van der Waals surface area contributed by atoms with E-state index in [2.05, 4.69) is 5.32 Å². The summed E-state index contributed by atoms with van der Waals surface area (Å²) >= 11 is 0. The molecule has 246 valence electrons. The zero-order valence-electron chi connectivity index (χ0n) is 26.7. The summed E-state index contributed by atoms with van der Waals surface area (Å²) in [4.78, 5) is 40.6. The van der Waals surface area contributed by atoms with E-state index >= 15 is 0 Å². The van der Waals surface area contributed by atoms with E-state index in [1.807, 2.05) is 51.1 Å². The Balaban J connectivity index is 1.83. The standard InChI is InChI=1S/C35H38N4O7S/c1-35(2,3)36-34(41)32(23-26-12-7-5-8-13-26)37(24-27-14-11-15-30(22-27)46-4)33(40)25-38(28-18-20-29(21-19-28)39(42)43)47(44,45)31-16-9-6-10-17-31/h5-22,32H,23-25H2,1-4H3,(H,36,41)/t32-/m1/s1. The van der Waals surface area contributed by atoms with Crippen LogP contribution in [-0.4, -0.2) is 55.3 Å². The topological polar surface area (TPSA) is 139 Å². The highest BCUT2D eigenvalue weighted by molar-refractivity contribution is 7.92. The maximum Gasteiger partial charge on any atom is 0.269 e. The van der Waals surface area contributed by atoms with Gasteiger partial charge in [-0.25, -0.2) is 8.42 Å². The first-order valence-corrected chi connectivity index (χ1v) is 16.3. The van der Waals surface area contributed by atoms with Crippen molar-refractivity contribution in [2.45, 2.75) is 50.2 Å². The molecule has 12 heteroatoms. The normalized spacial score (nSPS) is 12.1. The smallest absolute Gasteiger partial charge is 0.269 e. The fourth-order valence-electron chi connectivity index (χ4n) is 4.96. The molecule has 0 aliphatic carbocycles. The maximum absolute atomic E-state index is 14.5. The molecular formula is C35H38N4O7S. The zero-order valence-corrected chi connectivity index (χ0v) is 27.5. The number of carbonyl (C=O) groups is 2. The van der Waals surface area contributed by atoms with Crippen LogP contribution in [0, 0.1) is 10.1 Å². The van der Waals surface area contributed by atoms with E-state index in [0.29, 0.717) is 11.3 Å². The molecule has 0 saturated heterocycles. The number of non-ortho nitro benzene ring substituents is 1. The predicted octanol–water partition coefficient (Wildman–Crippen LogP) is 5.35. The number of ether oxygens (including phenoxy) is 1.